The predicted octanol–water partition coefficient (Wildman–Crippen LogP) is 3.00. The van der Waals surface area contributed by atoms with Gasteiger partial charge in [0, 0.05) is 26.4 Å². The van der Waals surface area contributed by atoms with E-state index in [0.717, 1.165) is 36.0 Å². The van der Waals surface area contributed by atoms with Crippen LogP contribution in [0.5, 0.6) is 11.5 Å². The van der Waals surface area contributed by atoms with E-state index in [1.165, 1.54) is 16.0 Å². The van der Waals surface area contributed by atoms with Crippen molar-refractivity contribution in [3.8, 4) is 11.5 Å². The van der Waals surface area contributed by atoms with Gasteiger partial charge in [-0.25, -0.2) is 4.98 Å². The van der Waals surface area contributed by atoms with E-state index in [2.05, 4.69) is 32.9 Å². The summed E-state index contributed by atoms with van der Waals surface area (Å²) in [5.41, 5.74) is 9.49. The molecule has 7 heteroatoms. The molecule has 1 fully saturated rings. The van der Waals surface area contributed by atoms with Crippen LogP contribution in [0.1, 0.15) is 34.2 Å². The van der Waals surface area contributed by atoms with Crippen molar-refractivity contribution < 1.29 is 9.84 Å². The minimum absolute atomic E-state index is 0.0884. The van der Waals surface area contributed by atoms with Gasteiger partial charge in [0.15, 0.2) is 22.7 Å². The van der Waals surface area contributed by atoms with Gasteiger partial charge in [-0.2, -0.15) is 0 Å². The van der Waals surface area contributed by atoms with Crippen molar-refractivity contribution in [3.63, 3.8) is 0 Å². The van der Waals surface area contributed by atoms with Gasteiger partial charge in [-0.3, -0.25) is 0 Å². The summed E-state index contributed by atoms with van der Waals surface area (Å²) in [6.07, 6.45) is 2.90. The number of hydrogen-bond acceptors (Lipinski definition) is 6. The molecule has 25 heavy (non-hydrogen) atoms. The van der Waals surface area contributed by atoms with Crippen LogP contribution in [0.4, 0.5) is 5.13 Å². The second-order valence-electron chi connectivity index (χ2n) is 7.77. The van der Waals surface area contributed by atoms with Gasteiger partial charge in [0.05, 0.1) is 5.69 Å². The van der Waals surface area contributed by atoms with Crippen molar-refractivity contribution in [1.29, 1.82) is 0 Å². The summed E-state index contributed by atoms with van der Waals surface area (Å²) >= 11 is 5.29. The van der Waals surface area contributed by atoms with Crippen molar-refractivity contribution in [1.82, 2.24) is 9.88 Å². The van der Waals surface area contributed by atoms with Gasteiger partial charge < -0.3 is 20.5 Å². The first-order chi connectivity index (χ1) is 12.0. The number of rotatable bonds is 0. The Morgan fingerprint density at radius 1 is 1.48 bits per heavy atom. The summed E-state index contributed by atoms with van der Waals surface area (Å²) < 4.78 is 7.43. The van der Waals surface area contributed by atoms with E-state index < -0.39 is 0 Å². The highest BCUT2D eigenvalue weighted by Crippen LogP contribution is 2.68. The minimum Gasteiger partial charge on any atom is -0.504 e. The highest BCUT2D eigenvalue weighted by Gasteiger charge is 2.65. The lowest BCUT2D eigenvalue weighted by Crippen LogP contribution is -2.62. The number of aromatic hydroxyl groups is 1. The fourth-order valence-electron chi connectivity index (χ4n) is 5.88. The molecule has 2 bridgehead atoms. The quantitative estimate of drug-likeness (QED) is 0.686. The van der Waals surface area contributed by atoms with Crippen LogP contribution in [-0.2, 0) is 18.3 Å². The highest BCUT2D eigenvalue weighted by molar-refractivity contribution is 9.10. The molecular formula is C18H18BrN3O2S. The summed E-state index contributed by atoms with van der Waals surface area (Å²) in [6.45, 7) is 1.04. The van der Waals surface area contributed by atoms with Gasteiger partial charge in [-0.15, -0.1) is 11.3 Å². The molecule has 2 aromatic rings. The number of nitrogens with zero attached hydrogens (tertiary/aromatic N) is 2. The Bertz CT molecular complexity index is 945. The van der Waals surface area contributed by atoms with Crippen LogP contribution in [0, 0.1) is 5.92 Å². The molecule has 3 heterocycles. The van der Waals surface area contributed by atoms with Crippen molar-refractivity contribution in [2.45, 2.75) is 36.8 Å². The van der Waals surface area contributed by atoms with E-state index in [0.29, 0.717) is 22.8 Å². The number of benzene rings is 1. The number of nitrogen functional groups attached to an aromatic ring is 1. The molecule has 0 radical (unpaired) electrons. The molecule has 0 amide bonds. The normalized spacial score (nSPS) is 34.4. The van der Waals surface area contributed by atoms with Crippen molar-refractivity contribution in [2.24, 2.45) is 5.92 Å². The molecular weight excluding hydrogens is 402 g/mol. The first kappa shape index (κ1) is 14.8. The Morgan fingerprint density at radius 2 is 2.32 bits per heavy atom. The molecule has 3 N–H and O–H groups in total. The number of hydrogen-bond donors (Lipinski definition) is 2. The molecule has 2 aliphatic heterocycles. The Labute approximate surface area is 157 Å². The summed E-state index contributed by atoms with van der Waals surface area (Å²) in [6, 6.07) is 2.27. The van der Waals surface area contributed by atoms with Gasteiger partial charge in [0.1, 0.15) is 0 Å². The SMILES string of the molecule is CN1CC[C@]23c4c5c(Br)cc(O)c4O[C@H]2c2nc(N)sc2C[C@H]3[C@H]1C5. The molecule has 6 rings (SSSR count). The lowest BCUT2D eigenvalue weighted by atomic mass is 9.52. The molecule has 0 saturated carbocycles. The number of phenols is 1. The number of fused-ring (bicyclic) bond motifs is 2. The number of phenolic OH excluding ortho intramolecular Hbond substituents is 1. The van der Waals surface area contributed by atoms with E-state index >= 15 is 0 Å². The van der Waals surface area contributed by atoms with E-state index in [1.807, 2.05) is 0 Å². The molecule has 1 saturated heterocycles. The number of nitrogens with two attached hydrogens (primary N) is 1. The molecule has 130 valence electrons. The molecule has 1 aromatic heterocycles. The third-order valence-corrected chi connectivity index (χ3v) is 8.49. The number of ether oxygens (including phenoxy) is 1. The number of likely N-dealkylation sites (N-methyl/N-ethyl adjacent to an activating group) is 1. The molecule has 2 aliphatic carbocycles. The van der Waals surface area contributed by atoms with Crippen molar-refractivity contribution >= 4 is 32.4 Å². The maximum atomic E-state index is 10.6. The zero-order valence-electron chi connectivity index (χ0n) is 13.8. The number of anilines is 1. The van der Waals surface area contributed by atoms with Gasteiger partial charge in [-0.1, -0.05) is 15.9 Å². The maximum absolute atomic E-state index is 10.6. The van der Waals surface area contributed by atoms with Crippen LogP contribution >= 0.6 is 27.3 Å². The van der Waals surface area contributed by atoms with Gasteiger partial charge >= 0.3 is 0 Å². The zero-order chi connectivity index (χ0) is 17.1. The Morgan fingerprint density at radius 3 is 3.16 bits per heavy atom. The number of thiazole rings is 1. The monoisotopic (exact) mass is 419 g/mol. The predicted molar refractivity (Wildman–Crippen MR) is 99.3 cm³/mol. The van der Waals surface area contributed by atoms with E-state index in [-0.39, 0.29) is 17.3 Å². The van der Waals surface area contributed by atoms with Crippen LogP contribution in [0.15, 0.2) is 10.5 Å². The number of piperidine rings is 1. The van der Waals surface area contributed by atoms with Crippen LogP contribution < -0.4 is 10.5 Å². The first-order valence-corrected chi connectivity index (χ1v) is 10.3. The standard InChI is InChI=1S/C18H18BrN3O2S/c1-22-3-2-18-8-5-12-14(21-17(20)25-12)16(18)24-15-11(23)6-9(19)7(13(15)18)4-10(8)22/h6,8,10,16,23H,2-5H2,1H3,(H2,20,21)/t8-,10+,16-,18-/m0/s1. The number of likely N-dealkylation sites (tertiary alicyclic amines) is 1. The molecule has 5 nitrogen and oxygen atoms in total. The fraction of sp³-hybridized carbons (Fsp3) is 0.500. The zero-order valence-corrected chi connectivity index (χ0v) is 16.2. The summed E-state index contributed by atoms with van der Waals surface area (Å²) in [7, 11) is 2.24. The average Bonchev–Trinajstić information content (AvgIpc) is 3.09. The van der Waals surface area contributed by atoms with E-state index in [9.17, 15) is 5.11 Å². The average molecular weight is 420 g/mol. The molecule has 1 aromatic carbocycles. The second kappa shape index (κ2) is 4.50. The highest BCUT2D eigenvalue weighted by atomic mass is 79.9. The van der Waals surface area contributed by atoms with Crippen molar-refractivity contribution in [2.75, 3.05) is 19.3 Å². The fourth-order valence-corrected chi connectivity index (χ4v) is 7.37. The summed E-state index contributed by atoms with van der Waals surface area (Å²) in [5, 5.41) is 11.2. The van der Waals surface area contributed by atoms with Crippen LogP contribution in [0.3, 0.4) is 0 Å². The molecule has 4 aliphatic rings. The third kappa shape index (κ3) is 1.57. The van der Waals surface area contributed by atoms with Crippen LogP contribution in [-0.4, -0.2) is 34.6 Å². The molecule has 0 unspecified atom stereocenters. The Balaban J connectivity index is 1.71. The first-order valence-electron chi connectivity index (χ1n) is 8.67. The second-order valence-corrected chi connectivity index (χ2v) is 9.74. The van der Waals surface area contributed by atoms with E-state index in [1.54, 1.807) is 17.4 Å². The van der Waals surface area contributed by atoms with E-state index in [4.69, 9.17) is 10.5 Å². The Hall–Kier alpha value is -1.31. The minimum atomic E-state index is -0.125. The van der Waals surface area contributed by atoms with Gasteiger partial charge in [-0.05, 0) is 50.4 Å². The lowest BCUT2D eigenvalue weighted by molar-refractivity contribution is -0.0250. The van der Waals surface area contributed by atoms with Crippen LogP contribution in [0.2, 0.25) is 0 Å². The Kier molecular flexibility index (Phi) is 2.67. The maximum Gasteiger partial charge on any atom is 0.180 e. The van der Waals surface area contributed by atoms with Crippen molar-refractivity contribution in [3.05, 3.63) is 32.2 Å². The number of halogens is 1. The molecule has 1 spiro atoms. The summed E-state index contributed by atoms with van der Waals surface area (Å²) in [4.78, 5) is 8.41. The van der Waals surface area contributed by atoms with Crippen LogP contribution in [0.25, 0.3) is 0 Å². The van der Waals surface area contributed by atoms with Gasteiger partial charge in [0.2, 0.25) is 0 Å². The third-order valence-electron chi connectivity index (χ3n) is 6.86. The molecule has 4 atom stereocenters. The topological polar surface area (TPSA) is 71.6 Å². The smallest absolute Gasteiger partial charge is 0.180 e. The summed E-state index contributed by atoms with van der Waals surface area (Å²) in [5.74, 6) is 1.39. The lowest BCUT2D eigenvalue weighted by Gasteiger charge is -2.57. The number of aromatic nitrogens is 1. The van der Waals surface area contributed by atoms with Gasteiger partial charge in [0.25, 0.3) is 0 Å². The largest absolute Gasteiger partial charge is 0.504 e.